The molecule has 1 aliphatic heterocycles. The highest BCUT2D eigenvalue weighted by molar-refractivity contribution is 5.90. The second-order valence-electron chi connectivity index (χ2n) is 17.5. The topological polar surface area (TPSA) is 212 Å². The Morgan fingerprint density at radius 1 is 0.873 bits per heavy atom. The molecule has 1 aliphatic rings. The Bertz CT molecular complexity index is 1520. The lowest BCUT2D eigenvalue weighted by Gasteiger charge is -2.41. The van der Waals surface area contributed by atoms with Crippen LogP contribution in [0.4, 0.5) is 0 Å². The maximum atomic E-state index is 14.5. The van der Waals surface area contributed by atoms with Crippen LogP contribution in [-0.2, 0) is 54.2 Å². The number of benzene rings is 1. The van der Waals surface area contributed by atoms with Crippen molar-refractivity contribution >= 4 is 29.6 Å². The highest BCUT2D eigenvalue weighted by atomic mass is 16.6. The fraction of sp³-hybridized carbons (Fsp3) is 0.761. The van der Waals surface area contributed by atoms with E-state index in [1.54, 1.807) is 23.8 Å². The maximum Gasteiger partial charge on any atom is 0.326 e. The molecule has 0 unspecified atom stereocenters. The third-order valence-corrected chi connectivity index (χ3v) is 12.3. The summed E-state index contributed by atoms with van der Waals surface area (Å²) in [7, 11) is 6.61. The average Bonchev–Trinajstić information content (AvgIpc) is 3.74. The van der Waals surface area contributed by atoms with E-state index >= 15 is 0 Å². The number of rotatable bonds is 31. The lowest BCUT2D eigenvalue weighted by Crippen LogP contribution is -2.60. The smallest absolute Gasteiger partial charge is 0.326 e. The van der Waals surface area contributed by atoms with Crippen LogP contribution in [0.3, 0.4) is 0 Å². The number of nitrogens with one attached hydrogen (secondary N) is 2. The number of amides is 4. The van der Waals surface area contributed by atoms with Gasteiger partial charge < -0.3 is 49.3 Å². The van der Waals surface area contributed by atoms with Crippen LogP contribution in [0, 0.1) is 23.7 Å². The molecule has 4 amide bonds. The molecular formula is C46H80N6O11. The first-order valence-electron chi connectivity index (χ1n) is 22.6. The third-order valence-electron chi connectivity index (χ3n) is 12.3. The Morgan fingerprint density at radius 3 is 2.08 bits per heavy atom. The highest BCUT2D eigenvalue weighted by Crippen LogP contribution is 2.30. The normalized spacial score (nSPS) is 18.1. The summed E-state index contributed by atoms with van der Waals surface area (Å²) in [5.41, 5.74) is 0.777. The highest BCUT2D eigenvalue weighted by Gasteiger charge is 2.43. The molecule has 0 bridgehead atoms. The Kier molecular flexibility index (Phi) is 25.5. The van der Waals surface area contributed by atoms with Crippen LogP contribution in [0.15, 0.2) is 30.3 Å². The summed E-state index contributed by atoms with van der Waals surface area (Å²) in [6.07, 6.45) is 1.38. The number of ether oxygens (including phenoxy) is 4. The Hall–Kier alpha value is -3.71. The van der Waals surface area contributed by atoms with E-state index in [9.17, 15) is 29.1 Å². The number of nitrogens with two attached hydrogens (primary N) is 1. The summed E-state index contributed by atoms with van der Waals surface area (Å²) in [6, 6.07) is 5.62. The number of aliphatic carboxylic acids is 1. The van der Waals surface area contributed by atoms with Gasteiger partial charge in [0.15, 0.2) is 0 Å². The van der Waals surface area contributed by atoms with Crippen LogP contribution in [-0.4, -0.2) is 166 Å². The molecule has 17 nitrogen and oxygen atoms in total. The molecule has 1 fully saturated rings. The Balaban J connectivity index is 2.18. The van der Waals surface area contributed by atoms with E-state index in [1.165, 1.54) is 14.2 Å². The molecule has 0 radical (unpaired) electrons. The molecule has 2 rings (SSSR count). The first-order valence-corrected chi connectivity index (χ1v) is 22.6. The van der Waals surface area contributed by atoms with Gasteiger partial charge in [-0.1, -0.05) is 85.2 Å². The number of hydrogen-bond acceptors (Lipinski definition) is 12. The van der Waals surface area contributed by atoms with Crippen molar-refractivity contribution in [1.29, 1.82) is 0 Å². The molecule has 9 atom stereocenters. The molecule has 17 heteroatoms. The van der Waals surface area contributed by atoms with Crippen LogP contribution in [0.2, 0.25) is 0 Å². The number of carbonyl (C=O) groups excluding carboxylic acids is 4. The van der Waals surface area contributed by atoms with Gasteiger partial charge in [-0.3, -0.25) is 24.1 Å². The van der Waals surface area contributed by atoms with Gasteiger partial charge in [0.25, 0.3) is 0 Å². The minimum absolute atomic E-state index is 0.0356. The van der Waals surface area contributed by atoms with E-state index in [0.717, 1.165) is 5.56 Å². The molecule has 1 aromatic carbocycles. The van der Waals surface area contributed by atoms with Crippen molar-refractivity contribution in [2.45, 2.75) is 129 Å². The van der Waals surface area contributed by atoms with E-state index in [-0.39, 0.29) is 48.3 Å². The summed E-state index contributed by atoms with van der Waals surface area (Å²) < 4.78 is 23.1. The predicted molar refractivity (Wildman–Crippen MR) is 240 cm³/mol. The number of likely N-dealkylation sites (N-methyl/N-ethyl adjacent to an activating group) is 2. The van der Waals surface area contributed by atoms with E-state index in [1.807, 2.05) is 83.8 Å². The van der Waals surface area contributed by atoms with Crippen LogP contribution in [0.25, 0.3) is 0 Å². The Morgan fingerprint density at radius 2 is 1.52 bits per heavy atom. The molecule has 1 saturated heterocycles. The number of nitrogens with zero attached hydrogens (tertiary/aromatic N) is 3. The van der Waals surface area contributed by atoms with E-state index in [2.05, 4.69) is 15.5 Å². The summed E-state index contributed by atoms with van der Waals surface area (Å²) in [5, 5.41) is 15.7. The van der Waals surface area contributed by atoms with Gasteiger partial charge in [0.2, 0.25) is 23.6 Å². The monoisotopic (exact) mass is 893 g/mol. The summed E-state index contributed by atoms with van der Waals surface area (Å²) in [5.74, 6) is 1.49. The van der Waals surface area contributed by atoms with Crippen molar-refractivity contribution in [3.8, 4) is 0 Å². The molecule has 0 saturated carbocycles. The minimum atomic E-state index is -1.15. The molecule has 63 heavy (non-hydrogen) atoms. The average molecular weight is 893 g/mol. The van der Waals surface area contributed by atoms with Gasteiger partial charge in [0.1, 0.15) is 12.1 Å². The van der Waals surface area contributed by atoms with E-state index in [4.69, 9.17) is 24.8 Å². The van der Waals surface area contributed by atoms with E-state index < -0.39 is 60.2 Å². The number of likely N-dealkylation sites (tertiary alicyclic amines) is 1. The molecule has 360 valence electrons. The Labute approximate surface area is 376 Å². The fourth-order valence-corrected chi connectivity index (χ4v) is 8.56. The van der Waals surface area contributed by atoms with Crippen molar-refractivity contribution in [3.63, 3.8) is 0 Å². The van der Waals surface area contributed by atoms with Crippen molar-refractivity contribution < 1.29 is 52.9 Å². The fourth-order valence-electron chi connectivity index (χ4n) is 8.56. The zero-order valence-electron chi connectivity index (χ0n) is 39.9. The van der Waals surface area contributed by atoms with Crippen molar-refractivity contribution in [3.05, 3.63) is 35.9 Å². The molecule has 1 heterocycles. The lowest BCUT2D eigenvalue weighted by atomic mass is 9.89. The van der Waals surface area contributed by atoms with Crippen molar-refractivity contribution in [2.75, 3.05) is 74.4 Å². The molecule has 1 aromatic rings. The molecular weight excluding hydrogens is 813 g/mol. The van der Waals surface area contributed by atoms with Crippen LogP contribution in [0.5, 0.6) is 0 Å². The predicted octanol–water partition coefficient (Wildman–Crippen LogP) is 3.13. The largest absolute Gasteiger partial charge is 0.480 e. The van der Waals surface area contributed by atoms with Crippen LogP contribution >= 0.6 is 0 Å². The zero-order chi connectivity index (χ0) is 47.2. The molecule has 0 spiro atoms. The SMILES string of the molecule is CC[C@H](C)[C@@H]([C@@H](CC(=O)N1CCC[C@H]1[C@H](OC)[C@@H](C)C(=O)N[C@@H](Cc1ccccc1)C(=O)O)OC)N(C)C(=O)[C@@H](NC(=O)[C@H](C(C)C)N(C)CCOCCCOCCON)C(C)C. The zero-order valence-corrected chi connectivity index (χ0v) is 39.9. The van der Waals surface area contributed by atoms with Crippen molar-refractivity contribution in [1.82, 2.24) is 25.3 Å². The second-order valence-corrected chi connectivity index (χ2v) is 17.5. The van der Waals surface area contributed by atoms with Crippen molar-refractivity contribution in [2.24, 2.45) is 29.6 Å². The summed E-state index contributed by atoms with van der Waals surface area (Å²) >= 11 is 0. The van der Waals surface area contributed by atoms with Gasteiger partial charge in [0.05, 0.1) is 62.5 Å². The molecule has 0 aromatic heterocycles. The third kappa shape index (κ3) is 17.3. The van der Waals surface area contributed by atoms with Gasteiger partial charge in [-0.25, -0.2) is 10.7 Å². The first kappa shape index (κ1) is 55.4. The quantitative estimate of drug-likeness (QED) is 0.0625. The second kappa shape index (κ2) is 29.0. The number of carbonyl (C=O) groups is 5. The van der Waals surface area contributed by atoms with Gasteiger partial charge in [0, 0.05) is 54.0 Å². The number of carboxylic acids is 1. The minimum Gasteiger partial charge on any atom is -0.480 e. The molecule has 5 N–H and O–H groups in total. The van der Waals surface area contributed by atoms with Gasteiger partial charge in [-0.05, 0) is 49.6 Å². The van der Waals surface area contributed by atoms with Gasteiger partial charge >= 0.3 is 5.97 Å². The summed E-state index contributed by atoms with van der Waals surface area (Å²) in [6.45, 7) is 16.6. The molecule has 0 aliphatic carbocycles. The van der Waals surface area contributed by atoms with Gasteiger partial charge in [-0.2, -0.15) is 0 Å². The standard InChI is InChI=1S/C46H80N6O11/c1-12-32(6)41(51(9)45(56)39(30(2)3)49-44(55)40(31(4)5)50(8)22-25-61-23-17-24-62-26-27-63-47)37(59-10)29-38(53)52-21-16-20-36(52)42(60-11)33(7)43(54)48-35(46(57)58)28-34-18-14-13-15-19-34/h13-15,18-19,30-33,35-37,39-42H,12,16-17,20-29,47H2,1-11H3,(H,48,54)(H,49,55)(H,57,58)/t32-,33+,35-,36-,37+,39-,40-,41-,42+/m0/s1. The van der Waals surface area contributed by atoms with Crippen LogP contribution < -0.4 is 16.5 Å². The maximum absolute atomic E-state index is 14.5. The number of methoxy groups -OCH3 is 2. The first-order chi connectivity index (χ1) is 29.9. The van der Waals surface area contributed by atoms with E-state index in [0.29, 0.717) is 71.8 Å². The lowest BCUT2D eigenvalue weighted by molar-refractivity contribution is -0.148. The van der Waals surface area contributed by atoms with Gasteiger partial charge in [-0.15, -0.1) is 0 Å². The van der Waals surface area contributed by atoms with Crippen LogP contribution in [0.1, 0.15) is 86.1 Å². The number of hydrogen-bond donors (Lipinski definition) is 4. The summed E-state index contributed by atoms with van der Waals surface area (Å²) in [4.78, 5) is 78.3. The number of carboxylic acid groups (broad SMARTS) is 1.